The minimum absolute atomic E-state index is 0.0812. The van der Waals surface area contributed by atoms with Crippen molar-refractivity contribution < 1.29 is 45.6 Å². The topological polar surface area (TPSA) is 188 Å². The second-order valence-electron chi connectivity index (χ2n) is 12.2. The highest BCUT2D eigenvalue weighted by atomic mass is 31.3. The molecule has 0 aromatic rings. The van der Waals surface area contributed by atoms with Crippen molar-refractivity contribution in [3.8, 4) is 11.8 Å². The average Bonchev–Trinajstić information content (AvgIpc) is 3.65. The van der Waals surface area contributed by atoms with E-state index in [-0.39, 0.29) is 24.5 Å². The molecule has 0 radical (unpaired) electrons. The SMILES string of the molecule is C/N=C(N)\C(C#CCCCNC(=O)CCCCCCCCCCCCCCCN)=C/N(C=O)C1CC[C@@H](COP(OC)OP(OC)OP(OC)OC)O1. The lowest BCUT2D eigenvalue weighted by Gasteiger charge is -2.23. The molecule has 1 fully saturated rings. The Bertz CT molecular complexity index is 1080. The van der Waals surface area contributed by atoms with E-state index in [1.165, 1.54) is 97.5 Å². The first-order valence-corrected chi connectivity index (χ1v) is 22.0. The van der Waals surface area contributed by atoms with Gasteiger partial charge in [-0.1, -0.05) is 82.5 Å². The molecule has 1 saturated heterocycles. The lowest BCUT2D eigenvalue weighted by molar-refractivity contribution is -0.127. The Balaban J connectivity index is 2.36. The number of rotatable bonds is 33. The van der Waals surface area contributed by atoms with Gasteiger partial charge in [-0.2, -0.15) is 0 Å². The maximum atomic E-state index is 12.3. The highest BCUT2D eigenvalue weighted by molar-refractivity contribution is 7.61. The molecule has 15 nitrogen and oxygen atoms in total. The Hall–Kier alpha value is -1.36. The third-order valence-corrected chi connectivity index (χ3v) is 11.9. The van der Waals surface area contributed by atoms with Gasteiger partial charge < -0.3 is 44.1 Å². The van der Waals surface area contributed by atoms with Gasteiger partial charge in [-0.3, -0.25) is 19.5 Å². The summed E-state index contributed by atoms with van der Waals surface area (Å²) in [6.45, 7) is 1.52. The van der Waals surface area contributed by atoms with Crippen LogP contribution in [-0.2, 0) is 45.6 Å². The number of amidine groups is 1. The first kappa shape index (κ1) is 49.7. The van der Waals surface area contributed by atoms with E-state index in [4.69, 9.17) is 47.4 Å². The third kappa shape index (κ3) is 24.7. The van der Waals surface area contributed by atoms with Crippen LogP contribution in [0.4, 0.5) is 0 Å². The number of carbonyl (C=O) groups excluding carboxylic acids is 2. The number of nitrogens with one attached hydrogen (secondary N) is 1. The number of ether oxygens (including phenoxy) is 1. The zero-order valence-electron chi connectivity index (χ0n) is 32.6. The first-order chi connectivity index (χ1) is 25.8. The molecule has 0 spiro atoms. The van der Waals surface area contributed by atoms with Gasteiger partial charge in [0.25, 0.3) is 0 Å². The van der Waals surface area contributed by atoms with Crippen molar-refractivity contribution in [1.82, 2.24) is 10.2 Å². The second-order valence-corrected chi connectivity index (χ2v) is 16.6. The van der Waals surface area contributed by atoms with Crippen LogP contribution in [-0.4, -0.2) is 90.6 Å². The summed E-state index contributed by atoms with van der Waals surface area (Å²) in [5, 5.41) is 2.99. The van der Waals surface area contributed by atoms with Crippen LogP contribution in [0.5, 0.6) is 0 Å². The van der Waals surface area contributed by atoms with Gasteiger partial charge in [-0.15, -0.1) is 0 Å². The molecule has 1 aliphatic rings. The molecule has 53 heavy (non-hydrogen) atoms. The van der Waals surface area contributed by atoms with E-state index in [1.54, 1.807) is 13.2 Å². The van der Waals surface area contributed by atoms with Gasteiger partial charge in [0.15, 0.2) is 0 Å². The molecule has 0 aliphatic carbocycles. The third-order valence-electron chi connectivity index (χ3n) is 8.19. The van der Waals surface area contributed by atoms with Crippen LogP contribution in [0, 0.1) is 11.8 Å². The lowest BCUT2D eigenvalue weighted by atomic mass is 10.0. The summed E-state index contributed by atoms with van der Waals surface area (Å²) in [6, 6.07) is 0. The molecule has 1 heterocycles. The fraction of sp³-hybridized carbons (Fsp3) is 0.800. The molecule has 0 aromatic heterocycles. The molecule has 306 valence electrons. The molecular weight excluding hydrogens is 743 g/mol. The highest BCUT2D eigenvalue weighted by Gasteiger charge is 2.32. The van der Waals surface area contributed by atoms with E-state index < -0.39 is 32.0 Å². The van der Waals surface area contributed by atoms with Gasteiger partial charge >= 0.3 is 25.8 Å². The van der Waals surface area contributed by atoms with Crippen LogP contribution in [0.25, 0.3) is 0 Å². The molecule has 4 atom stereocenters. The number of nitrogens with zero attached hydrogens (tertiary/aromatic N) is 2. The second kappa shape index (κ2) is 33.9. The van der Waals surface area contributed by atoms with Gasteiger partial charge in [0.1, 0.15) is 12.1 Å². The fourth-order valence-corrected chi connectivity index (χ4v) is 8.58. The van der Waals surface area contributed by atoms with E-state index in [0.717, 1.165) is 25.8 Å². The van der Waals surface area contributed by atoms with E-state index in [9.17, 15) is 9.59 Å². The van der Waals surface area contributed by atoms with E-state index in [0.29, 0.717) is 50.6 Å². The minimum Gasteiger partial charge on any atom is -0.383 e. The maximum Gasteiger partial charge on any atom is 0.346 e. The molecule has 0 bridgehead atoms. The number of nitrogens with two attached hydrogens (primary N) is 2. The Morgan fingerprint density at radius 1 is 0.849 bits per heavy atom. The summed E-state index contributed by atoms with van der Waals surface area (Å²) in [6.07, 6.45) is 20.5. The van der Waals surface area contributed by atoms with E-state index in [2.05, 4.69) is 22.2 Å². The van der Waals surface area contributed by atoms with Crippen LogP contribution in [0.15, 0.2) is 16.8 Å². The summed E-state index contributed by atoms with van der Waals surface area (Å²) in [7, 11) is 2.03. The molecule has 2 amide bonds. The summed E-state index contributed by atoms with van der Waals surface area (Å²) in [5.41, 5.74) is 12.0. The lowest BCUT2D eigenvalue weighted by Crippen LogP contribution is -2.32. The van der Waals surface area contributed by atoms with Crippen molar-refractivity contribution in [1.29, 1.82) is 0 Å². The number of aliphatic imine (C=N–C) groups is 1. The van der Waals surface area contributed by atoms with Crippen molar-refractivity contribution in [2.75, 3.05) is 55.2 Å². The van der Waals surface area contributed by atoms with Crippen molar-refractivity contribution in [3.05, 3.63) is 11.8 Å². The predicted molar refractivity (Wildman–Crippen MR) is 212 cm³/mol. The van der Waals surface area contributed by atoms with Crippen LogP contribution < -0.4 is 16.8 Å². The Morgan fingerprint density at radius 2 is 1.42 bits per heavy atom. The number of unbranched alkanes of at least 4 members (excludes halogenated alkanes) is 13. The first-order valence-electron chi connectivity index (χ1n) is 18.7. The van der Waals surface area contributed by atoms with E-state index >= 15 is 0 Å². The van der Waals surface area contributed by atoms with Gasteiger partial charge in [0.2, 0.25) is 12.3 Å². The number of hydrogen-bond acceptors (Lipinski definition) is 12. The molecule has 3 unspecified atom stereocenters. The smallest absolute Gasteiger partial charge is 0.346 e. The van der Waals surface area contributed by atoms with Crippen LogP contribution >= 0.6 is 25.8 Å². The summed E-state index contributed by atoms with van der Waals surface area (Å²) < 4.78 is 43.7. The van der Waals surface area contributed by atoms with Gasteiger partial charge in [0.05, 0.1) is 18.3 Å². The van der Waals surface area contributed by atoms with Crippen molar-refractivity contribution in [2.24, 2.45) is 16.5 Å². The highest BCUT2D eigenvalue weighted by Crippen LogP contribution is 2.61. The molecule has 5 N–H and O–H groups in total. The van der Waals surface area contributed by atoms with Crippen molar-refractivity contribution >= 4 is 44.0 Å². The number of hydrogen-bond donors (Lipinski definition) is 3. The van der Waals surface area contributed by atoms with Crippen LogP contribution in [0.3, 0.4) is 0 Å². The molecular formula is C35H66N5O10P3. The van der Waals surface area contributed by atoms with Gasteiger partial charge in [-0.25, -0.2) is 8.62 Å². The van der Waals surface area contributed by atoms with Crippen molar-refractivity contribution in [3.63, 3.8) is 0 Å². The average molecular weight is 810 g/mol. The zero-order chi connectivity index (χ0) is 38.9. The minimum atomic E-state index is -1.84. The zero-order valence-corrected chi connectivity index (χ0v) is 35.3. The molecule has 1 rings (SSSR count). The van der Waals surface area contributed by atoms with Crippen LogP contribution in [0.1, 0.15) is 116 Å². The van der Waals surface area contributed by atoms with Crippen LogP contribution in [0.2, 0.25) is 0 Å². The predicted octanol–water partition coefficient (Wildman–Crippen LogP) is 7.46. The fourth-order valence-electron chi connectivity index (χ4n) is 5.25. The Kier molecular flexibility index (Phi) is 31.8. The summed E-state index contributed by atoms with van der Waals surface area (Å²) in [5.74, 6) is 6.39. The van der Waals surface area contributed by atoms with Gasteiger partial charge in [0, 0.05) is 61.1 Å². The monoisotopic (exact) mass is 809 g/mol. The van der Waals surface area contributed by atoms with E-state index in [1.807, 2.05) is 0 Å². The van der Waals surface area contributed by atoms with Gasteiger partial charge in [-0.05, 0) is 38.6 Å². The number of carbonyl (C=O) groups is 2. The number of amides is 2. The standard InChI is InChI=1S/C35H66N5O10P3/c1-38-35(37)31(22-18-17-21-27-39-33(42)23-19-15-13-11-9-7-6-8-10-12-14-16-20-26-36)28-40(30-41)34-25-24-32(48-34)29-47-52(45-4)50-53(46-5)49-51(43-2)44-3/h28,30,32,34H,6-17,19-21,23-27,29,36H2,1-5H3,(H2,37,38)(H,39,42)/b31-28-/t32-,34?,52?,53?/m0/s1. The maximum absolute atomic E-state index is 12.3. The summed E-state index contributed by atoms with van der Waals surface area (Å²) in [4.78, 5) is 29.8. The molecule has 18 heteroatoms. The molecule has 1 aliphatic heterocycles. The largest absolute Gasteiger partial charge is 0.383 e. The molecule has 0 saturated carbocycles. The van der Waals surface area contributed by atoms with Crippen molar-refractivity contribution in [2.45, 2.75) is 128 Å². The summed E-state index contributed by atoms with van der Waals surface area (Å²) >= 11 is 0. The normalized spacial score (nSPS) is 17.4. The Morgan fingerprint density at radius 3 is 1.96 bits per heavy atom. The molecule has 0 aromatic carbocycles. The quantitative estimate of drug-likeness (QED) is 0.0149. The Labute approximate surface area is 322 Å².